The van der Waals surface area contributed by atoms with E-state index in [0.29, 0.717) is 5.69 Å². The lowest BCUT2D eigenvalue weighted by Crippen LogP contribution is -2.43. The van der Waals surface area contributed by atoms with Crippen LogP contribution in [-0.4, -0.2) is 23.6 Å². The van der Waals surface area contributed by atoms with Crippen molar-refractivity contribution in [1.82, 2.24) is 5.32 Å². The second-order valence-corrected chi connectivity index (χ2v) is 4.31. The largest absolute Gasteiger partial charge is 0.392 e. The van der Waals surface area contributed by atoms with E-state index < -0.39 is 0 Å². The van der Waals surface area contributed by atoms with Crippen LogP contribution in [0.25, 0.3) is 0 Å². The zero-order chi connectivity index (χ0) is 12.1. The van der Waals surface area contributed by atoms with Gasteiger partial charge in [0, 0.05) is 11.3 Å². The Bertz CT molecular complexity index is 387. The third-order valence-corrected chi connectivity index (χ3v) is 3.07. The summed E-state index contributed by atoms with van der Waals surface area (Å²) in [7, 11) is 0. The van der Waals surface area contributed by atoms with Crippen molar-refractivity contribution >= 4 is 11.6 Å². The first kappa shape index (κ1) is 12.1. The third-order valence-electron chi connectivity index (χ3n) is 3.07. The third kappa shape index (κ3) is 3.05. The molecule has 3 N–H and O–H groups in total. The number of amides is 1. The van der Waals surface area contributed by atoms with Crippen LogP contribution in [-0.2, 0) is 11.4 Å². The Morgan fingerprint density at radius 2 is 2.24 bits per heavy atom. The highest BCUT2D eigenvalue weighted by Crippen LogP contribution is 2.16. The lowest BCUT2D eigenvalue weighted by atomic mass is 10.0. The van der Waals surface area contributed by atoms with Crippen LogP contribution in [0.5, 0.6) is 0 Å². The van der Waals surface area contributed by atoms with Gasteiger partial charge in [0.15, 0.2) is 0 Å². The van der Waals surface area contributed by atoms with E-state index in [1.165, 1.54) is 0 Å². The summed E-state index contributed by atoms with van der Waals surface area (Å²) in [4.78, 5) is 12.0. The van der Waals surface area contributed by atoms with Gasteiger partial charge in [-0.1, -0.05) is 24.6 Å². The normalized spacial score (nSPS) is 19.9. The van der Waals surface area contributed by atoms with Gasteiger partial charge in [-0.3, -0.25) is 4.79 Å². The molecule has 0 radical (unpaired) electrons. The Labute approximate surface area is 101 Å². The summed E-state index contributed by atoms with van der Waals surface area (Å²) in [6.07, 6.45) is 3.11. The van der Waals surface area contributed by atoms with E-state index in [4.69, 9.17) is 0 Å². The SMILES string of the molecule is O=C(Nc1ccccc1CO)[C@@H]1CCCCN1. The van der Waals surface area contributed by atoms with Crippen molar-refractivity contribution in [3.05, 3.63) is 29.8 Å². The number of para-hydroxylation sites is 1. The molecule has 1 aromatic carbocycles. The Kier molecular flexibility index (Phi) is 4.12. The fraction of sp³-hybridized carbons (Fsp3) is 0.462. The van der Waals surface area contributed by atoms with Gasteiger partial charge in [-0.05, 0) is 25.5 Å². The molecule has 1 aromatic rings. The van der Waals surface area contributed by atoms with Gasteiger partial charge in [0.25, 0.3) is 0 Å². The van der Waals surface area contributed by atoms with Gasteiger partial charge in [0.1, 0.15) is 0 Å². The number of carbonyl (C=O) groups excluding carboxylic acids is 1. The first-order valence-corrected chi connectivity index (χ1v) is 6.04. The summed E-state index contributed by atoms with van der Waals surface area (Å²) in [5, 5.41) is 15.2. The molecular weight excluding hydrogens is 216 g/mol. The van der Waals surface area contributed by atoms with Gasteiger partial charge in [-0.2, -0.15) is 0 Å². The number of aliphatic hydroxyl groups is 1. The number of anilines is 1. The maximum Gasteiger partial charge on any atom is 0.241 e. The van der Waals surface area contributed by atoms with Gasteiger partial charge < -0.3 is 15.7 Å². The van der Waals surface area contributed by atoms with Crippen LogP contribution in [0.15, 0.2) is 24.3 Å². The highest BCUT2D eigenvalue weighted by Gasteiger charge is 2.20. The van der Waals surface area contributed by atoms with Crippen molar-refractivity contribution < 1.29 is 9.90 Å². The Morgan fingerprint density at radius 1 is 1.41 bits per heavy atom. The predicted molar refractivity (Wildman–Crippen MR) is 66.6 cm³/mol. The fourth-order valence-corrected chi connectivity index (χ4v) is 2.08. The zero-order valence-electron chi connectivity index (χ0n) is 9.78. The standard InChI is InChI=1S/C13H18N2O2/c16-9-10-5-1-2-6-11(10)15-13(17)12-7-3-4-8-14-12/h1-2,5-6,12,14,16H,3-4,7-9H2,(H,15,17)/t12-/m0/s1. The number of carbonyl (C=O) groups is 1. The molecule has 1 heterocycles. The van der Waals surface area contributed by atoms with Crippen LogP contribution in [0.2, 0.25) is 0 Å². The van der Waals surface area contributed by atoms with Crippen molar-refractivity contribution in [1.29, 1.82) is 0 Å². The van der Waals surface area contributed by atoms with Crippen molar-refractivity contribution in [2.75, 3.05) is 11.9 Å². The second-order valence-electron chi connectivity index (χ2n) is 4.31. The Balaban J connectivity index is 2.01. The van der Waals surface area contributed by atoms with Crippen molar-refractivity contribution in [2.45, 2.75) is 31.9 Å². The summed E-state index contributed by atoms with van der Waals surface area (Å²) in [6.45, 7) is 0.842. The Morgan fingerprint density at radius 3 is 2.94 bits per heavy atom. The average molecular weight is 234 g/mol. The van der Waals surface area contributed by atoms with E-state index in [1.54, 1.807) is 0 Å². The summed E-state index contributed by atoms with van der Waals surface area (Å²) in [5.41, 5.74) is 1.45. The summed E-state index contributed by atoms with van der Waals surface area (Å²) >= 11 is 0. The molecule has 0 bridgehead atoms. The molecule has 4 nitrogen and oxygen atoms in total. The molecule has 1 atom stereocenters. The monoisotopic (exact) mass is 234 g/mol. The number of hydrogen-bond donors (Lipinski definition) is 3. The number of benzene rings is 1. The van der Waals surface area contributed by atoms with E-state index in [9.17, 15) is 9.90 Å². The second kappa shape index (κ2) is 5.80. The van der Waals surface area contributed by atoms with E-state index in [0.717, 1.165) is 31.4 Å². The van der Waals surface area contributed by atoms with Crippen LogP contribution in [0.4, 0.5) is 5.69 Å². The van der Waals surface area contributed by atoms with Gasteiger partial charge in [0.05, 0.1) is 12.6 Å². The van der Waals surface area contributed by atoms with E-state index in [1.807, 2.05) is 24.3 Å². The molecule has 1 aliphatic heterocycles. The first-order chi connectivity index (χ1) is 8.31. The van der Waals surface area contributed by atoms with Gasteiger partial charge >= 0.3 is 0 Å². The number of rotatable bonds is 3. The molecule has 0 aromatic heterocycles. The van der Waals surface area contributed by atoms with Crippen LogP contribution in [0.3, 0.4) is 0 Å². The van der Waals surface area contributed by atoms with Crippen molar-refractivity contribution in [3.8, 4) is 0 Å². The minimum atomic E-state index is -0.101. The molecule has 1 amide bonds. The molecule has 2 rings (SSSR count). The lowest BCUT2D eigenvalue weighted by molar-refractivity contribution is -0.118. The predicted octanol–water partition coefficient (Wildman–Crippen LogP) is 1.26. The molecule has 92 valence electrons. The molecule has 1 saturated heterocycles. The molecule has 1 aliphatic rings. The molecule has 0 unspecified atom stereocenters. The molecule has 0 spiro atoms. The van der Waals surface area contributed by atoms with Crippen molar-refractivity contribution in [2.24, 2.45) is 0 Å². The van der Waals surface area contributed by atoms with Gasteiger partial charge in [0.2, 0.25) is 5.91 Å². The maximum absolute atomic E-state index is 12.0. The number of hydrogen-bond acceptors (Lipinski definition) is 3. The van der Waals surface area contributed by atoms with Crippen LogP contribution in [0.1, 0.15) is 24.8 Å². The lowest BCUT2D eigenvalue weighted by Gasteiger charge is -2.23. The number of aliphatic hydroxyl groups excluding tert-OH is 1. The minimum Gasteiger partial charge on any atom is -0.392 e. The fourth-order valence-electron chi connectivity index (χ4n) is 2.08. The average Bonchev–Trinajstić information content (AvgIpc) is 2.40. The molecule has 0 aliphatic carbocycles. The van der Waals surface area contributed by atoms with Gasteiger partial charge in [-0.15, -0.1) is 0 Å². The quantitative estimate of drug-likeness (QED) is 0.738. The van der Waals surface area contributed by atoms with Crippen molar-refractivity contribution in [3.63, 3.8) is 0 Å². The maximum atomic E-state index is 12.0. The minimum absolute atomic E-state index is 0.00870. The van der Waals surface area contributed by atoms with E-state index >= 15 is 0 Å². The topological polar surface area (TPSA) is 61.4 Å². The summed E-state index contributed by atoms with van der Waals surface area (Å²) in [5.74, 6) is -0.00870. The first-order valence-electron chi connectivity index (χ1n) is 6.04. The molecule has 17 heavy (non-hydrogen) atoms. The number of nitrogens with one attached hydrogen (secondary N) is 2. The molecule has 0 saturated carbocycles. The van der Waals surface area contributed by atoms with E-state index in [2.05, 4.69) is 10.6 Å². The van der Waals surface area contributed by atoms with Crippen LogP contribution < -0.4 is 10.6 Å². The molecular formula is C13H18N2O2. The van der Waals surface area contributed by atoms with Crippen LogP contribution in [0, 0.1) is 0 Å². The van der Waals surface area contributed by atoms with Gasteiger partial charge in [-0.25, -0.2) is 0 Å². The smallest absolute Gasteiger partial charge is 0.241 e. The summed E-state index contributed by atoms with van der Waals surface area (Å²) < 4.78 is 0. The van der Waals surface area contributed by atoms with E-state index in [-0.39, 0.29) is 18.6 Å². The highest BCUT2D eigenvalue weighted by molar-refractivity contribution is 5.95. The zero-order valence-corrected chi connectivity index (χ0v) is 9.78. The number of piperidine rings is 1. The molecule has 1 fully saturated rings. The Hall–Kier alpha value is -1.39. The molecule has 4 heteroatoms. The van der Waals surface area contributed by atoms with Crippen LogP contribution >= 0.6 is 0 Å². The highest BCUT2D eigenvalue weighted by atomic mass is 16.3. The summed E-state index contributed by atoms with van der Waals surface area (Å²) in [6, 6.07) is 7.22.